The van der Waals surface area contributed by atoms with E-state index in [9.17, 15) is 4.79 Å². The van der Waals surface area contributed by atoms with Crippen LogP contribution in [-0.2, 0) is 4.79 Å². The second kappa shape index (κ2) is 3.42. The number of rotatable bonds is 2. The molecule has 0 amide bonds. The highest BCUT2D eigenvalue weighted by Crippen LogP contribution is 2.35. The summed E-state index contributed by atoms with van der Waals surface area (Å²) in [5.74, 6) is 0. The van der Waals surface area contributed by atoms with Crippen LogP contribution in [0.5, 0.6) is 0 Å². The fourth-order valence-corrected chi connectivity index (χ4v) is 1.90. The SMILES string of the molecule is O=[C]CC1(S)CCCCC1. The quantitative estimate of drug-likeness (QED) is 0.608. The third-order valence-electron chi connectivity index (χ3n) is 2.19. The van der Waals surface area contributed by atoms with Gasteiger partial charge in [-0.05, 0) is 12.8 Å². The molecule has 0 aliphatic heterocycles. The third kappa shape index (κ3) is 2.01. The molecule has 2 heteroatoms. The van der Waals surface area contributed by atoms with E-state index < -0.39 is 0 Å². The first-order chi connectivity index (χ1) is 4.77. The van der Waals surface area contributed by atoms with E-state index in [2.05, 4.69) is 12.6 Å². The Kier molecular flexibility index (Phi) is 2.78. The lowest BCUT2D eigenvalue weighted by Crippen LogP contribution is -2.25. The molecule has 0 saturated heterocycles. The molecule has 10 heavy (non-hydrogen) atoms. The average Bonchev–Trinajstić information content (AvgIpc) is 1.89. The molecule has 0 heterocycles. The van der Waals surface area contributed by atoms with Crippen LogP contribution in [-0.4, -0.2) is 11.0 Å². The number of thiol groups is 1. The van der Waals surface area contributed by atoms with E-state index in [4.69, 9.17) is 0 Å². The third-order valence-corrected chi connectivity index (χ3v) is 2.79. The molecule has 1 radical (unpaired) electrons. The van der Waals surface area contributed by atoms with Crippen molar-refractivity contribution in [3.8, 4) is 0 Å². The summed E-state index contributed by atoms with van der Waals surface area (Å²) in [7, 11) is 0. The van der Waals surface area contributed by atoms with Crippen molar-refractivity contribution in [2.45, 2.75) is 43.3 Å². The molecule has 0 atom stereocenters. The van der Waals surface area contributed by atoms with Crippen molar-refractivity contribution in [2.24, 2.45) is 0 Å². The summed E-state index contributed by atoms with van der Waals surface area (Å²) >= 11 is 4.47. The predicted molar refractivity (Wildman–Crippen MR) is 45.1 cm³/mol. The molecule has 0 N–H and O–H groups in total. The summed E-state index contributed by atoms with van der Waals surface area (Å²) in [4.78, 5) is 10.1. The Balaban J connectivity index is 2.39. The number of carbonyl (C=O) groups excluding carboxylic acids is 1. The van der Waals surface area contributed by atoms with E-state index in [1.165, 1.54) is 19.3 Å². The van der Waals surface area contributed by atoms with Gasteiger partial charge in [0.25, 0.3) is 0 Å². The minimum atomic E-state index is 0.000000000000000222. The van der Waals surface area contributed by atoms with Crippen LogP contribution in [0, 0.1) is 0 Å². The average molecular weight is 157 g/mol. The topological polar surface area (TPSA) is 17.1 Å². The van der Waals surface area contributed by atoms with Crippen LogP contribution in [0.15, 0.2) is 0 Å². The molecule has 1 fully saturated rings. The predicted octanol–water partition coefficient (Wildman–Crippen LogP) is 2.12. The van der Waals surface area contributed by atoms with Crippen molar-refractivity contribution in [3.63, 3.8) is 0 Å². The largest absolute Gasteiger partial charge is 0.291 e. The standard InChI is InChI=1S/C8H13OS/c9-7-6-8(10)4-2-1-3-5-8/h10H,1-6H2. The molecule has 0 aromatic carbocycles. The maximum Gasteiger partial charge on any atom is 0.199 e. The van der Waals surface area contributed by atoms with Gasteiger partial charge in [-0.1, -0.05) is 19.3 Å². The lowest BCUT2D eigenvalue weighted by molar-refractivity contribution is 0.402. The van der Waals surface area contributed by atoms with Crippen molar-refractivity contribution in [1.82, 2.24) is 0 Å². The second-order valence-corrected chi connectivity index (χ2v) is 4.05. The monoisotopic (exact) mass is 157 g/mol. The van der Waals surface area contributed by atoms with Crippen molar-refractivity contribution in [2.75, 3.05) is 0 Å². The van der Waals surface area contributed by atoms with Gasteiger partial charge in [0.05, 0.1) is 0 Å². The highest BCUT2D eigenvalue weighted by Gasteiger charge is 2.27. The molecule has 1 aliphatic rings. The molecular formula is C8H13OS. The van der Waals surface area contributed by atoms with Gasteiger partial charge in [-0.3, -0.25) is 4.79 Å². The van der Waals surface area contributed by atoms with Crippen LogP contribution >= 0.6 is 12.6 Å². The highest BCUT2D eigenvalue weighted by molar-refractivity contribution is 7.81. The lowest BCUT2D eigenvalue weighted by Gasteiger charge is -2.30. The van der Waals surface area contributed by atoms with Crippen LogP contribution in [0.4, 0.5) is 0 Å². The smallest absolute Gasteiger partial charge is 0.199 e. The van der Waals surface area contributed by atoms with Gasteiger partial charge in [0.2, 0.25) is 0 Å². The maximum absolute atomic E-state index is 10.1. The molecule has 1 nitrogen and oxygen atoms in total. The van der Waals surface area contributed by atoms with Crippen molar-refractivity contribution in [3.05, 3.63) is 0 Å². The minimum absolute atomic E-state index is 0.000000000000000222. The van der Waals surface area contributed by atoms with Gasteiger partial charge in [-0.15, -0.1) is 0 Å². The van der Waals surface area contributed by atoms with Crippen molar-refractivity contribution < 1.29 is 4.79 Å². The van der Waals surface area contributed by atoms with E-state index in [0.717, 1.165) is 12.8 Å². The summed E-state index contributed by atoms with van der Waals surface area (Å²) in [5.41, 5.74) is 0. The van der Waals surface area contributed by atoms with Crippen molar-refractivity contribution >= 4 is 18.9 Å². The van der Waals surface area contributed by atoms with E-state index >= 15 is 0 Å². The molecule has 57 valence electrons. The van der Waals surface area contributed by atoms with Gasteiger partial charge < -0.3 is 0 Å². The molecule has 1 saturated carbocycles. The van der Waals surface area contributed by atoms with Crippen LogP contribution in [0.1, 0.15) is 38.5 Å². The maximum atomic E-state index is 10.1. The Morgan fingerprint density at radius 2 is 1.90 bits per heavy atom. The molecule has 0 unspecified atom stereocenters. The summed E-state index contributed by atoms with van der Waals surface area (Å²) in [6.45, 7) is 0. The first kappa shape index (κ1) is 8.12. The van der Waals surface area contributed by atoms with E-state index in [1.807, 2.05) is 6.29 Å². The Morgan fingerprint density at radius 3 is 2.40 bits per heavy atom. The summed E-state index contributed by atoms with van der Waals surface area (Å²) in [6, 6.07) is 0. The normalized spacial score (nSPS) is 24.1. The van der Waals surface area contributed by atoms with E-state index in [0.29, 0.717) is 6.42 Å². The van der Waals surface area contributed by atoms with Gasteiger partial charge in [0, 0.05) is 11.2 Å². The van der Waals surface area contributed by atoms with Gasteiger partial charge in [-0.2, -0.15) is 12.6 Å². The fraction of sp³-hybridized carbons (Fsp3) is 0.875. The van der Waals surface area contributed by atoms with E-state index in [-0.39, 0.29) is 4.75 Å². The minimum Gasteiger partial charge on any atom is -0.291 e. The molecule has 0 aromatic rings. The second-order valence-electron chi connectivity index (χ2n) is 3.11. The molecular weight excluding hydrogens is 144 g/mol. The van der Waals surface area contributed by atoms with Gasteiger partial charge in [0.1, 0.15) is 0 Å². The fourth-order valence-electron chi connectivity index (χ4n) is 1.52. The number of hydrogen-bond donors (Lipinski definition) is 1. The summed E-state index contributed by atoms with van der Waals surface area (Å²) < 4.78 is 0.000000000000000222. The van der Waals surface area contributed by atoms with E-state index in [1.54, 1.807) is 0 Å². The molecule has 0 aromatic heterocycles. The molecule has 1 aliphatic carbocycles. The molecule has 0 bridgehead atoms. The molecule has 1 rings (SSSR count). The highest BCUT2D eigenvalue weighted by atomic mass is 32.1. The number of hydrogen-bond acceptors (Lipinski definition) is 2. The Labute approximate surface area is 67.6 Å². The summed E-state index contributed by atoms with van der Waals surface area (Å²) in [5, 5.41) is 0. The lowest BCUT2D eigenvalue weighted by atomic mass is 9.86. The zero-order chi connectivity index (χ0) is 7.45. The first-order valence-corrected chi connectivity index (χ1v) is 4.29. The zero-order valence-electron chi connectivity index (χ0n) is 6.10. The van der Waals surface area contributed by atoms with Crippen molar-refractivity contribution in [1.29, 1.82) is 0 Å². The van der Waals surface area contributed by atoms with Crippen LogP contribution in [0.25, 0.3) is 0 Å². The zero-order valence-corrected chi connectivity index (χ0v) is 6.99. The van der Waals surface area contributed by atoms with Crippen LogP contribution in [0.2, 0.25) is 0 Å². The van der Waals surface area contributed by atoms with Gasteiger partial charge in [0.15, 0.2) is 6.29 Å². The van der Waals surface area contributed by atoms with Crippen LogP contribution in [0.3, 0.4) is 0 Å². The first-order valence-electron chi connectivity index (χ1n) is 3.84. The molecule has 0 spiro atoms. The Hall–Kier alpha value is 0.0200. The van der Waals surface area contributed by atoms with Crippen LogP contribution < -0.4 is 0 Å². The van der Waals surface area contributed by atoms with Gasteiger partial charge in [-0.25, -0.2) is 0 Å². The summed E-state index contributed by atoms with van der Waals surface area (Å²) in [6.07, 6.45) is 8.40. The Morgan fingerprint density at radius 1 is 1.30 bits per heavy atom. The Bertz CT molecular complexity index is 116. The van der Waals surface area contributed by atoms with Gasteiger partial charge >= 0.3 is 0 Å².